The molecule has 2 amide bonds. The second-order valence-electron chi connectivity index (χ2n) is 5.58. The minimum absolute atomic E-state index is 0.0529. The highest BCUT2D eigenvalue weighted by atomic mass is 32.1. The molecule has 0 atom stereocenters. The summed E-state index contributed by atoms with van der Waals surface area (Å²) in [6.07, 6.45) is 4.05. The molecule has 1 aromatic rings. The molecule has 1 aromatic heterocycles. The van der Waals surface area contributed by atoms with Crippen molar-refractivity contribution < 1.29 is 14.3 Å². The predicted molar refractivity (Wildman–Crippen MR) is 85.9 cm³/mol. The normalized spacial score (nSPS) is 15.0. The topological polar surface area (TPSA) is 71.5 Å². The van der Waals surface area contributed by atoms with Gasteiger partial charge in [0.25, 0.3) is 0 Å². The molecule has 0 spiro atoms. The van der Waals surface area contributed by atoms with Crippen molar-refractivity contribution in [1.29, 1.82) is 0 Å². The number of rotatable bonds is 7. The second-order valence-corrected chi connectivity index (χ2v) is 6.43. The Bertz CT molecular complexity index is 512. The lowest BCUT2D eigenvalue weighted by molar-refractivity contribution is -0.138. The van der Waals surface area contributed by atoms with Crippen LogP contribution in [0.4, 0.5) is 5.13 Å². The highest BCUT2D eigenvalue weighted by Crippen LogP contribution is 2.26. The SMILES string of the molecule is COCCN(CC(=O)Nc1nc(C)cs1)C(=O)C1CCCC1. The monoisotopic (exact) mass is 325 g/mol. The van der Waals surface area contributed by atoms with E-state index in [0.29, 0.717) is 18.3 Å². The molecule has 1 fully saturated rings. The largest absolute Gasteiger partial charge is 0.383 e. The van der Waals surface area contributed by atoms with Crippen LogP contribution >= 0.6 is 11.3 Å². The number of aryl methyl sites for hydroxylation is 1. The second kappa shape index (κ2) is 8.24. The number of ether oxygens (including phenoxy) is 1. The molecular weight excluding hydrogens is 302 g/mol. The molecule has 0 bridgehead atoms. The van der Waals surface area contributed by atoms with Gasteiger partial charge in [-0.2, -0.15) is 0 Å². The third kappa shape index (κ3) is 4.78. The van der Waals surface area contributed by atoms with Crippen LogP contribution in [-0.2, 0) is 14.3 Å². The van der Waals surface area contributed by atoms with Crippen LogP contribution in [0.25, 0.3) is 0 Å². The summed E-state index contributed by atoms with van der Waals surface area (Å²) in [6, 6.07) is 0. The Morgan fingerprint density at radius 3 is 2.77 bits per heavy atom. The fraction of sp³-hybridized carbons (Fsp3) is 0.667. The van der Waals surface area contributed by atoms with Gasteiger partial charge in [-0.05, 0) is 19.8 Å². The van der Waals surface area contributed by atoms with Gasteiger partial charge in [-0.1, -0.05) is 12.8 Å². The first-order chi connectivity index (χ1) is 10.6. The molecule has 1 N–H and O–H groups in total. The Morgan fingerprint density at radius 2 is 2.18 bits per heavy atom. The van der Waals surface area contributed by atoms with Gasteiger partial charge in [0.2, 0.25) is 11.8 Å². The highest BCUT2D eigenvalue weighted by Gasteiger charge is 2.28. The van der Waals surface area contributed by atoms with Gasteiger partial charge in [0.05, 0.1) is 12.3 Å². The first-order valence-electron chi connectivity index (χ1n) is 7.60. The Hall–Kier alpha value is -1.47. The molecule has 0 saturated heterocycles. The van der Waals surface area contributed by atoms with E-state index < -0.39 is 0 Å². The number of nitrogens with one attached hydrogen (secondary N) is 1. The maximum absolute atomic E-state index is 12.5. The quantitative estimate of drug-likeness (QED) is 0.833. The van der Waals surface area contributed by atoms with Crippen molar-refractivity contribution in [3.05, 3.63) is 11.1 Å². The predicted octanol–water partition coefficient (Wildman–Crippen LogP) is 2.06. The van der Waals surface area contributed by atoms with Gasteiger partial charge in [0, 0.05) is 25.0 Å². The third-order valence-electron chi connectivity index (χ3n) is 3.78. The van der Waals surface area contributed by atoms with Gasteiger partial charge in [0.1, 0.15) is 6.54 Å². The Labute approximate surface area is 134 Å². The summed E-state index contributed by atoms with van der Waals surface area (Å²) in [5, 5.41) is 5.20. The fourth-order valence-electron chi connectivity index (χ4n) is 2.64. The lowest BCUT2D eigenvalue weighted by Crippen LogP contribution is -2.42. The summed E-state index contributed by atoms with van der Waals surface area (Å²) in [5.74, 6) is -0.0800. The van der Waals surface area contributed by atoms with E-state index >= 15 is 0 Å². The maximum atomic E-state index is 12.5. The number of thiazole rings is 1. The zero-order chi connectivity index (χ0) is 15.9. The number of carbonyl (C=O) groups excluding carboxylic acids is 2. The van der Waals surface area contributed by atoms with Crippen LogP contribution in [0.5, 0.6) is 0 Å². The molecule has 2 rings (SSSR count). The number of amides is 2. The van der Waals surface area contributed by atoms with Crippen LogP contribution in [-0.4, -0.2) is 48.5 Å². The number of nitrogens with zero attached hydrogens (tertiary/aromatic N) is 2. The number of anilines is 1. The molecule has 0 radical (unpaired) electrons. The molecule has 0 aromatic carbocycles. The van der Waals surface area contributed by atoms with Crippen LogP contribution < -0.4 is 5.32 Å². The Morgan fingerprint density at radius 1 is 1.45 bits per heavy atom. The summed E-state index contributed by atoms with van der Waals surface area (Å²) in [4.78, 5) is 30.5. The molecule has 6 nitrogen and oxygen atoms in total. The molecule has 0 aliphatic heterocycles. The zero-order valence-corrected chi connectivity index (χ0v) is 13.9. The molecule has 1 saturated carbocycles. The molecule has 1 aliphatic carbocycles. The molecule has 1 heterocycles. The molecule has 7 heteroatoms. The van der Waals surface area contributed by atoms with E-state index in [1.807, 2.05) is 12.3 Å². The minimum atomic E-state index is -0.211. The van der Waals surface area contributed by atoms with E-state index in [1.54, 1.807) is 12.0 Å². The van der Waals surface area contributed by atoms with Gasteiger partial charge < -0.3 is 15.0 Å². The van der Waals surface area contributed by atoms with E-state index in [9.17, 15) is 9.59 Å². The number of hydrogen-bond acceptors (Lipinski definition) is 5. The number of methoxy groups -OCH3 is 1. The van der Waals surface area contributed by atoms with Gasteiger partial charge in [-0.3, -0.25) is 9.59 Å². The Balaban J connectivity index is 1.92. The summed E-state index contributed by atoms with van der Waals surface area (Å²) >= 11 is 1.39. The lowest BCUT2D eigenvalue weighted by Gasteiger charge is -2.24. The van der Waals surface area contributed by atoms with E-state index in [-0.39, 0.29) is 24.3 Å². The van der Waals surface area contributed by atoms with Gasteiger partial charge in [-0.25, -0.2) is 4.98 Å². The molecular formula is C15H23N3O3S. The summed E-state index contributed by atoms with van der Waals surface area (Å²) < 4.78 is 5.05. The van der Waals surface area contributed by atoms with Crippen molar-refractivity contribution in [3.63, 3.8) is 0 Å². The third-order valence-corrected chi connectivity index (χ3v) is 4.66. The van der Waals surface area contributed by atoms with Crippen molar-refractivity contribution >= 4 is 28.3 Å². The van der Waals surface area contributed by atoms with Gasteiger partial charge >= 0.3 is 0 Å². The summed E-state index contributed by atoms with van der Waals surface area (Å²) in [6.45, 7) is 2.80. The van der Waals surface area contributed by atoms with Crippen LogP contribution in [0.2, 0.25) is 0 Å². The van der Waals surface area contributed by atoms with Gasteiger partial charge in [-0.15, -0.1) is 11.3 Å². The first kappa shape index (κ1) is 16.9. The molecule has 22 heavy (non-hydrogen) atoms. The highest BCUT2D eigenvalue weighted by molar-refractivity contribution is 7.13. The first-order valence-corrected chi connectivity index (χ1v) is 8.48. The van der Waals surface area contributed by atoms with Crippen LogP contribution in [0.3, 0.4) is 0 Å². The van der Waals surface area contributed by atoms with E-state index in [2.05, 4.69) is 10.3 Å². The number of carbonyl (C=O) groups is 2. The van der Waals surface area contributed by atoms with Crippen molar-refractivity contribution in [1.82, 2.24) is 9.88 Å². The van der Waals surface area contributed by atoms with Crippen molar-refractivity contribution in [2.24, 2.45) is 5.92 Å². The van der Waals surface area contributed by atoms with Crippen molar-refractivity contribution in [2.75, 3.05) is 32.1 Å². The van der Waals surface area contributed by atoms with E-state index in [4.69, 9.17) is 4.74 Å². The molecule has 122 valence electrons. The van der Waals surface area contributed by atoms with Crippen LogP contribution in [0, 0.1) is 12.8 Å². The van der Waals surface area contributed by atoms with Crippen LogP contribution in [0.1, 0.15) is 31.4 Å². The van der Waals surface area contributed by atoms with Crippen molar-refractivity contribution in [3.8, 4) is 0 Å². The summed E-state index contributed by atoms with van der Waals surface area (Å²) in [7, 11) is 1.59. The van der Waals surface area contributed by atoms with Crippen LogP contribution in [0.15, 0.2) is 5.38 Å². The van der Waals surface area contributed by atoms with E-state index in [1.165, 1.54) is 11.3 Å². The van der Waals surface area contributed by atoms with Gasteiger partial charge in [0.15, 0.2) is 5.13 Å². The van der Waals surface area contributed by atoms with E-state index in [0.717, 1.165) is 31.4 Å². The fourth-order valence-corrected chi connectivity index (χ4v) is 3.35. The molecule has 0 unspecified atom stereocenters. The average molecular weight is 325 g/mol. The zero-order valence-electron chi connectivity index (χ0n) is 13.1. The minimum Gasteiger partial charge on any atom is -0.383 e. The molecule has 1 aliphatic rings. The smallest absolute Gasteiger partial charge is 0.245 e. The van der Waals surface area contributed by atoms with Crippen molar-refractivity contribution in [2.45, 2.75) is 32.6 Å². The average Bonchev–Trinajstić information content (AvgIpc) is 3.14. The maximum Gasteiger partial charge on any atom is 0.245 e. The number of hydrogen-bond donors (Lipinski definition) is 1. The summed E-state index contributed by atoms with van der Waals surface area (Å²) in [5.41, 5.74) is 0.874. The Kier molecular flexibility index (Phi) is 6.33. The lowest BCUT2D eigenvalue weighted by atomic mass is 10.1. The number of aromatic nitrogens is 1. The standard InChI is InChI=1S/C15H23N3O3S/c1-11-10-22-15(16-11)17-13(19)9-18(7-8-21-2)14(20)12-5-3-4-6-12/h10,12H,3-9H2,1-2H3,(H,16,17,19).